The van der Waals surface area contributed by atoms with Crippen LogP contribution in [0.25, 0.3) is 0 Å². The topological polar surface area (TPSA) is 84.0 Å². The van der Waals surface area contributed by atoms with E-state index in [0.29, 0.717) is 5.69 Å². The predicted molar refractivity (Wildman–Crippen MR) is 121 cm³/mol. The molecule has 2 aromatic carbocycles. The van der Waals surface area contributed by atoms with E-state index >= 15 is 0 Å². The van der Waals surface area contributed by atoms with Gasteiger partial charge in [-0.05, 0) is 58.0 Å². The van der Waals surface area contributed by atoms with Gasteiger partial charge in [0, 0.05) is 12.6 Å². The highest BCUT2D eigenvalue weighted by molar-refractivity contribution is 7.92. The quantitative estimate of drug-likeness (QED) is 0.522. The van der Waals surface area contributed by atoms with Crippen molar-refractivity contribution in [3.8, 4) is 0 Å². The Bertz CT molecular complexity index is 1030. The van der Waals surface area contributed by atoms with Crippen LogP contribution in [0.3, 0.4) is 0 Å². The normalized spacial score (nSPS) is 11.3. The first-order chi connectivity index (χ1) is 14.6. The summed E-state index contributed by atoms with van der Waals surface area (Å²) in [5, 5.41) is 0.0984. The molecule has 0 heterocycles. The number of sulfonamides is 1. The van der Waals surface area contributed by atoms with E-state index in [4.69, 9.17) is 16.3 Å². The van der Waals surface area contributed by atoms with Crippen LogP contribution in [0, 0.1) is 0 Å². The maximum absolute atomic E-state index is 13.3. The molecule has 2 rings (SSSR count). The third-order valence-electron chi connectivity index (χ3n) is 4.58. The van der Waals surface area contributed by atoms with Crippen LogP contribution in [-0.4, -0.2) is 50.9 Å². The maximum atomic E-state index is 13.3. The Hall–Kier alpha value is -2.58. The molecule has 0 aliphatic rings. The van der Waals surface area contributed by atoms with Gasteiger partial charge in [-0.1, -0.05) is 29.8 Å². The van der Waals surface area contributed by atoms with E-state index in [1.54, 1.807) is 58.0 Å². The van der Waals surface area contributed by atoms with Gasteiger partial charge in [-0.2, -0.15) is 0 Å². The lowest BCUT2D eigenvalue weighted by atomic mass is 10.1. The number of nitrogens with zero attached hydrogens (tertiary/aromatic N) is 2. The Kier molecular flexibility index (Phi) is 8.47. The van der Waals surface area contributed by atoms with Crippen molar-refractivity contribution in [2.75, 3.05) is 24.0 Å². The zero-order valence-electron chi connectivity index (χ0n) is 18.0. The Balaban J connectivity index is 2.46. The summed E-state index contributed by atoms with van der Waals surface area (Å²) in [7, 11) is -3.94. The van der Waals surface area contributed by atoms with Gasteiger partial charge in [-0.15, -0.1) is 0 Å². The van der Waals surface area contributed by atoms with Crippen molar-refractivity contribution < 1.29 is 22.7 Å². The van der Waals surface area contributed by atoms with Gasteiger partial charge in [-0.3, -0.25) is 13.9 Å². The molecule has 7 nitrogen and oxygen atoms in total. The molecule has 1 amide bonds. The van der Waals surface area contributed by atoms with Crippen molar-refractivity contribution in [3.63, 3.8) is 0 Å². The molecule has 9 heteroatoms. The summed E-state index contributed by atoms with van der Waals surface area (Å²) in [4.78, 5) is 26.3. The van der Waals surface area contributed by atoms with E-state index in [0.717, 1.165) is 0 Å². The van der Waals surface area contributed by atoms with Gasteiger partial charge >= 0.3 is 5.97 Å². The van der Waals surface area contributed by atoms with Crippen molar-refractivity contribution in [2.24, 2.45) is 0 Å². The van der Waals surface area contributed by atoms with Gasteiger partial charge in [0.05, 0.1) is 27.8 Å². The van der Waals surface area contributed by atoms with Crippen LogP contribution >= 0.6 is 11.6 Å². The molecule has 0 saturated carbocycles. The fourth-order valence-electron chi connectivity index (χ4n) is 3.03. The van der Waals surface area contributed by atoms with E-state index in [1.165, 1.54) is 27.4 Å². The number of hydrogen-bond donors (Lipinski definition) is 0. The summed E-state index contributed by atoms with van der Waals surface area (Å²) in [6.45, 7) is 7.05. The molecule has 0 atom stereocenters. The number of hydrogen-bond acceptors (Lipinski definition) is 5. The molecule has 0 radical (unpaired) electrons. The van der Waals surface area contributed by atoms with Crippen LogP contribution in [0.15, 0.2) is 53.4 Å². The Morgan fingerprint density at radius 3 is 2.26 bits per heavy atom. The molecule has 0 bridgehead atoms. The van der Waals surface area contributed by atoms with E-state index in [-0.39, 0.29) is 41.2 Å². The molecule has 0 aliphatic heterocycles. The van der Waals surface area contributed by atoms with Gasteiger partial charge in [-0.25, -0.2) is 8.42 Å². The van der Waals surface area contributed by atoms with Crippen LogP contribution in [-0.2, 0) is 19.6 Å². The van der Waals surface area contributed by atoms with Crippen molar-refractivity contribution >= 4 is 39.2 Å². The van der Waals surface area contributed by atoms with Gasteiger partial charge in [0.25, 0.3) is 15.9 Å². The molecule has 0 fully saturated rings. The lowest BCUT2D eigenvalue weighted by molar-refractivity contribution is -0.144. The third kappa shape index (κ3) is 5.77. The first-order valence-electron chi connectivity index (χ1n) is 9.97. The molecule has 0 saturated heterocycles. The average Bonchev–Trinajstić information content (AvgIpc) is 2.73. The second kappa shape index (κ2) is 10.6. The van der Waals surface area contributed by atoms with E-state index < -0.39 is 21.9 Å². The zero-order valence-corrected chi connectivity index (χ0v) is 19.6. The van der Waals surface area contributed by atoms with Gasteiger partial charge in [0.1, 0.15) is 6.54 Å². The summed E-state index contributed by atoms with van der Waals surface area (Å²) < 4.78 is 32.8. The molecule has 0 N–H and O–H groups in total. The minimum atomic E-state index is -3.94. The van der Waals surface area contributed by atoms with E-state index in [2.05, 4.69) is 0 Å². The number of anilines is 1. The number of esters is 1. The smallest absolute Gasteiger partial charge is 0.325 e. The number of rotatable bonds is 9. The SMILES string of the molecule is CCOC(=O)CN(C(=O)c1cc(S(=O)(=O)N(CC)c2ccccc2)ccc1Cl)C(C)C. The van der Waals surface area contributed by atoms with Crippen LogP contribution in [0.5, 0.6) is 0 Å². The molecular weight excluding hydrogens is 440 g/mol. The molecular formula is C22H27ClN2O5S. The van der Waals surface area contributed by atoms with Crippen LogP contribution in [0.1, 0.15) is 38.1 Å². The Morgan fingerprint density at radius 1 is 1.06 bits per heavy atom. The summed E-state index contributed by atoms with van der Waals surface area (Å²) in [6.07, 6.45) is 0. The first kappa shape index (κ1) is 24.7. The monoisotopic (exact) mass is 466 g/mol. The highest BCUT2D eigenvalue weighted by Gasteiger charge is 2.28. The van der Waals surface area contributed by atoms with Crippen molar-refractivity contribution in [1.82, 2.24) is 4.90 Å². The molecule has 0 spiro atoms. The fraction of sp³-hybridized carbons (Fsp3) is 0.364. The highest BCUT2D eigenvalue weighted by atomic mass is 35.5. The lowest BCUT2D eigenvalue weighted by Gasteiger charge is -2.27. The number of para-hydroxylation sites is 1. The second-order valence-electron chi connectivity index (χ2n) is 6.98. The summed E-state index contributed by atoms with van der Waals surface area (Å²) in [6, 6.07) is 12.4. The number of ether oxygens (including phenoxy) is 1. The summed E-state index contributed by atoms with van der Waals surface area (Å²) in [5.74, 6) is -1.10. The molecule has 2 aromatic rings. The van der Waals surface area contributed by atoms with Crippen LogP contribution < -0.4 is 4.31 Å². The van der Waals surface area contributed by atoms with Gasteiger partial charge < -0.3 is 9.64 Å². The number of halogens is 1. The average molecular weight is 467 g/mol. The maximum Gasteiger partial charge on any atom is 0.325 e. The molecule has 0 unspecified atom stereocenters. The number of carbonyl (C=O) groups is 2. The van der Waals surface area contributed by atoms with Crippen molar-refractivity contribution in [2.45, 2.75) is 38.6 Å². The van der Waals surface area contributed by atoms with Crippen molar-refractivity contribution in [1.29, 1.82) is 0 Å². The molecule has 31 heavy (non-hydrogen) atoms. The second-order valence-corrected chi connectivity index (χ2v) is 9.25. The minimum absolute atomic E-state index is 0.00450. The summed E-state index contributed by atoms with van der Waals surface area (Å²) >= 11 is 6.25. The van der Waals surface area contributed by atoms with Crippen LogP contribution in [0.2, 0.25) is 5.02 Å². The number of carbonyl (C=O) groups excluding carboxylic acids is 2. The summed E-state index contributed by atoms with van der Waals surface area (Å²) in [5.41, 5.74) is 0.517. The Morgan fingerprint density at radius 2 is 1.71 bits per heavy atom. The van der Waals surface area contributed by atoms with Gasteiger partial charge in [0.2, 0.25) is 0 Å². The lowest BCUT2D eigenvalue weighted by Crippen LogP contribution is -2.41. The first-order valence-corrected chi connectivity index (χ1v) is 11.8. The minimum Gasteiger partial charge on any atom is -0.465 e. The standard InChI is InChI=1S/C22H27ClN2O5S/c1-5-25(17-10-8-7-9-11-17)31(28,29)18-12-13-20(23)19(14-18)22(27)24(16(3)4)15-21(26)30-6-2/h7-14,16H,5-6,15H2,1-4H3. The highest BCUT2D eigenvalue weighted by Crippen LogP contribution is 2.27. The van der Waals surface area contributed by atoms with Gasteiger partial charge in [0.15, 0.2) is 0 Å². The van der Waals surface area contributed by atoms with E-state index in [9.17, 15) is 18.0 Å². The van der Waals surface area contributed by atoms with E-state index in [1.807, 2.05) is 0 Å². The van der Waals surface area contributed by atoms with Crippen LogP contribution in [0.4, 0.5) is 5.69 Å². The number of benzene rings is 2. The fourth-order valence-corrected chi connectivity index (χ4v) is 4.73. The predicted octanol–water partition coefficient (Wildman–Crippen LogP) is 3.97. The molecule has 168 valence electrons. The third-order valence-corrected chi connectivity index (χ3v) is 6.81. The zero-order chi connectivity index (χ0) is 23.2. The molecule has 0 aromatic heterocycles. The number of amides is 1. The largest absolute Gasteiger partial charge is 0.465 e. The Labute approximate surface area is 188 Å². The molecule has 0 aliphatic carbocycles. The van der Waals surface area contributed by atoms with Crippen molar-refractivity contribution in [3.05, 3.63) is 59.1 Å².